The maximum Gasteiger partial charge on any atom is 0.157 e. The summed E-state index contributed by atoms with van der Waals surface area (Å²) >= 11 is 1.87. The summed E-state index contributed by atoms with van der Waals surface area (Å²) in [5, 5.41) is 4.69. The van der Waals surface area contributed by atoms with Crippen LogP contribution in [0.5, 0.6) is 0 Å². The molecular formula is C12H24N2S. The summed E-state index contributed by atoms with van der Waals surface area (Å²) < 4.78 is 0. The molecule has 2 nitrogen and oxygen atoms in total. The maximum absolute atomic E-state index is 4.78. The van der Waals surface area contributed by atoms with Gasteiger partial charge in [0.05, 0.1) is 6.04 Å². The lowest BCUT2D eigenvalue weighted by Gasteiger charge is -2.30. The summed E-state index contributed by atoms with van der Waals surface area (Å²) in [5.41, 5.74) is 0.171. The van der Waals surface area contributed by atoms with Crippen molar-refractivity contribution in [2.75, 3.05) is 5.75 Å². The first-order chi connectivity index (χ1) is 6.94. The van der Waals surface area contributed by atoms with Gasteiger partial charge in [0.2, 0.25) is 0 Å². The summed E-state index contributed by atoms with van der Waals surface area (Å²) in [7, 11) is 0. The molecule has 0 aliphatic carbocycles. The number of nitrogens with zero attached hydrogens (tertiary/aromatic N) is 1. The Balaban J connectivity index is 2.61. The molecule has 1 N–H and O–H groups in total. The van der Waals surface area contributed by atoms with Gasteiger partial charge in [0.15, 0.2) is 5.17 Å². The van der Waals surface area contributed by atoms with Gasteiger partial charge in [0.1, 0.15) is 0 Å². The van der Waals surface area contributed by atoms with E-state index in [2.05, 4.69) is 39.9 Å². The molecule has 88 valence electrons. The van der Waals surface area contributed by atoms with Gasteiger partial charge in [0, 0.05) is 11.3 Å². The summed E-state index contributed by atoms with van der Waals surface area (Å²) in [6.07, 6.45) is 2.35. The normalized spacial score (nSPS) is 22.8. The molecule has 0 fully saturated rings. The van der Waals surface area contributed by atoms with Crippen molar-refractivity contribution in [1.29, 1.82) is 0 Å². The first-order valence-electron chi connectivity index (χ1n) is 5.93. The van der Waals surface area contributed by atoms with Crippen LogP contribution in [0.25, 0.3) is 0 Å². The molecular weight excluding hydrogens is 204 g/mol. The molecule has 1 rings (SSSR count). The Labute approximate surface area is 98.3 Å². The molecule has 0 saturated carbocycles. The molecule has 0 spiro atoms. The molecule has 0 aromatic rings. The molecule has 1 unspecified atom stereocenters. The van der Waals surface area contributed by atoms with Crippen LogP contribution < -0.4 is 5.32 Å². The van der Waals surface area contributed by atoms with Crippen LogP contribution in [0, 0.1) is 5.92 Å². The zero-order valence-electron chi connectivity index (χ0n) is 10.6. The van der Waals surface area contributed by atoms with Gasteiger partial charge in [-0.05, 0) is 32.6 Å². The highest BCUT2D eigenvalue weighted by Crippen LogP contribution is 2.23. The SMILES string of the molecule is CCC(C)(C)NC1=NC(C(C)C)CCS1. The summed E-state index contributed by atoms with van der Waals surface area (Å²) in [6.45, 7) is 11.2. The number of amidine groups is 1. The molecule has 1 heterocycles. The quantitative estimate of drug-likeness (QED) is 0.801. The molecule has 0 amide bonds. The van der Waals surface area contributed by atoms with Gasteiger partial charge in [-0.25, -0.2) is 0 Å². The number of thioether (sulfide) groups is 1. The van der Waals surface area contributed by atoms with Gasteiger partial charge in [0.25, 0.3) is 0 Å². The van der Waals surface area contributed by atoms with Crippen LogP contribution in [-0.4, -0.2) is 22.5 Å². The highest BCUT2D eigenvalue weighted by molar-refractivity contribution is 8.13. The second kappa shape index (κ2) is 5.24. The van der Waals surface area contributed by atoms with Crippen molar-refractivity contribution >= 4 is 16.9 Å². The molecule has 0 bridgehead atoms. The highest BCUT2D eigenvalue weighted by atomic mass is 32.2. The van der Waals surface area contributed by atoms with E-state index in [1.807, 2.05) is 11.8 Å². The monoisotopic (exact) mass is 228 g/mol. The third-order valence-electron chi connectivity index (χ3n) is 3.03. The molecule has 0 aromatic heterocycles. The van der Waals surface area contributed by atoms with Crippen LogP contribution in [0.1, 0.15) is 47.5 Å². The number of hydrogen-bond acceptors (Lipinski definition) is 3. The largest absolute Gasteiger partial charge is 0.360 e. The highest BCUT2D eigenvalue weighted by Gasteiger charge is 2.22. The van der Waals surface area contributed by atoms with Crippen LogP contribution >= 0.6 is 11.8 Å². The van der Waals surface area contributed by atoms with E-state index in [9.17, 15) is 0 Å². The van der Waals surface area contributed by atoms with Crippen molar-refractivity contribution in [3.05, 3.63) is 0 Å². The first kappa shape index (κ1) is 12.9. The second-order valence-corrected chi connectivity index (χ2v) is 6.33. The Kier molecular flexibility index (Phi) is 4.50. The van der Waals surface area contributed by atoms with E-state index in [4.69, 9.17) is 4.99 Å². The van der Waals surface area contributed by atoms with Crippen LogP contribution in [0.4, 0.5) is 0 Å². The Morgan fingerprint density at radius 1 is 1.53 bits per heavy atom. The zero-order chi connectivity index (χ0) is 11.5. The predicted octanol–water partition coefficient (Wildman–Crippen LogP) is 3.28. The van der Waals surface area contributed by atoms with Crippen LogP contribution in [-0.2, 0) is 0 Å². The fraction of sp³-hybridized carbons (Fsp3) is 0.917. The van der Waals surface area contributed by atoms with Crippen molar-refractivity contribution in [2.45, 2.75) is 59.0 Å². The summed E-state index contributed by atoms with van der Waals surface area (Å²) in [4.78, 5) is 4.78. The number of rotatable bonds is 3. The Hall–Kier alpha value is -0.180. The van der Waals surface area contributed by atoms with Gasteiger partial charge in [-0.15, -0.1) is 0 Å². The topological polar surface area (TPSA) is 24.4 Å². The molecule has 1 atom stereocenters. The van der Waals surface area contributed by atoms with Crippen molar-refractivity contribution in [3.8, 4) is 0 Å². The summed E-state index contributed by atoms with van der Waals surface area (Å²) in [5.74, 6) is 1.86. The molecule has 0 saturated heterocycles. The molecule has 1 aliphatic heterocycles. The first-order valence-corrected chi connectivity index (χ1v) is 6.92. The second-order valence-electron chi connectivity index (χ2n) is 5.25. The van der Waals surface area contributed by atoms with E-state index >= 15 is 0 Å². The lowest BCUT2D eigenvalue weighted by molar-refractivity contribution is 0.438. The average molecular weight is 228 g/mol. The molecule has 3 heteroatoms. The smallest absolute Gasteiger partial charge is 0.157 e. The van der Waals surface area contributed by atoms with Crippen molar-refractivity contribution in [3.63, 3.8) is 0 Å². The van der Waals surface area contributed by atoms with Crippen LogP contribution in [0.15, 0.2) is 4.99 Å². The molecule has 15 heavy (non-hydrogen) atoms. The van der Waals surface area contributed by atoms with Crippen LogP contribution in [0.2, 0.25) is 0 Å². The predicted molar refractivity (Wildman–Crippen MR) is 70.6 cm³/mol. The molecule has 0 radical (unpaired) electrons. The number of nitrogens with one attached hydrogen (secondary N) is 1. The fourth-order valence-electron chi connectivity index (χ4n) is 1.46. The standard InChI is InChI=1S/C12H24N2S/c1-6-12(4,5)14-11-13-10(9(2)3)7-8-15-11/h9-10H,6-8H2,1-5H3,(H,13,14). The van der Waals surface area contributed by atoms with Gasteiger partial charge in [-0.1, -0.05) is 32.5 Å². The van der Waals surface area contributed by atoms with E-state index in [1.54, 1.807) is 0 Å². The van der Waals surface area contributed by atoms with Gasteiger partial charge < -0.3 is 5.32 Å². The third kappa shape index (κ3) is 4.06. The van der Waals surface area contributed by atoms with Gasteiger partial charge >= 0.3 is 0 Å². The van der Waals surface area contributed by atoms with Gasteiger partial charge in [-0.3, -0.25) is 4.99 Å². The van der Waals surface area contributed by atoms with Crippen molar-refractivity contribution in [2.24, 2.45) is 10.9 Å². The third-order valence-corrected chi connectivity index (χ3v) is 3.95. The molecule has 1 aliphatic rings. The summed E-state index contributed by atoms with van der Waals surface area (Å²) in [6, 6.07) is 0.515. The van der Waals surface area contributed by atoms with Crippen LogP contribution in [0.3, 0.4) is 0 Å². The fourth-order valence-corrected chi connectivity index (χ4v) is 2.57. The van der Waals surface area contributed by atoms with Crippen molar-refractivity contribution < 1.29 is 0 Å². The lowest BCUT2D eigenvalue weighted by atomic mass is 10.0. The Morgan fingerprint density at radius 2 is 2.20 bits per heavy atom. The minimum Gasteiger partial charge on any atom is -0.360 e. The maximum atomic E-state index is 4.78. The minimum atomic E-state index is 0.171. The van der Waals surface area contributed by atoms with Crippen molar-refractivity contribution in [1.82, 2.24) is 5.32 Å². The lowest BCUT2D eigenvalue weighted by Crippen LogP contribution is -2.43. The van der Waals surface area contributed by atoms with E-state index in [0.717, 1.165) is 11.6 Å². The van der Waals surface area contributed by atoms with Gasteiger partial charge in [-0.2, -0.15) is 0 Å². The minimum absolute atomic E-state index is 0.171. The zero-order valence-corrected chi connectivity index (χ0v) is 11.4. The van der Waals surface area contributed by atoms with E-state index in [0.29, 0.717) is 12.0 Å². The number of hydrogen-bond donors (Lipinski definition) is 1. The number of aliphatic imine (C=N–C) groups is 1. The van der Waals surface area contributed by atoms with E-state index < -0.39 is 0 Å². The molecule has 0 aromatic carbocycles. The Morgan fingerprint density at radius 3 is 2.73 bits per heavy atom. The van der Waals surface area contributed by atoms with E-state index in [-0.39, 0.29) is 5.54 Å². The Bertz CT molecular complexity index is 234. The van der Waals surface area contributed by atoms with E-state index in [1.165, 1.54) is 12.2 Å². The average Bonchev–Trinajstić information content (AvgIpc) is 2.17.